The van der Waals surface area contributed by atoms with Crippen molar-refractivity contribution in [3.63, 3.8) is 0 Å². The molecular formula is C29H28ClFN4O2S. The zero-order valence-corrected chi connectivity index (χ0v) is 22.5. The maximum atomic E-state index is 13.1. The first kappa shape index (κ1) is 25.1. The number of aromatic nitrogens is 2. The van der Waals surface area contributed by atoms with Crippen molar-refractivity contribution in [2.24, 2.45) is 5.92 Å². The van der Waals surface area contributed by atoms with Gasteiger partial charge in [0.25, 0.3) is 0 Å². The fourth-order valence-electron chi connectivity index (χ4n) is 5.36. The number of fused-ring (bicyclic) bond motifs is 3. The molecule has 2 aliphatic rings. The van der Waals surface area contributed by atoms with E-state index < -0.39 is 0 Å². The van der Waals surface area contributed by atoms with Crippen LogP contribution in [0.15, 0.2) is 48.8 Å². The van der Waals surface area contributed by atoms with Crippen LogP contribution in [-0.4, -0.2) is 33.9 Å². The topological polar surface area (TPSA) is 67.3 Å². The van der Waals surface area contributed by atoms with Gasteiger partial charge in [-0.1, -0.05) is 23.7 Å². The molecule has 1 aliphatic carbocycles. The van der Waals surface area contributed by atoms with Crippen LogP contribution in [0.2, 0.25) is 5.02 Å². The molecule has 0 spiro atoms. The predicted molar refractivity (Wildman–Crippen MR) is 149 cm³/mol. The monoisotopic (exact) mass is 550 g/mol. The first-order chi connectivity index (χ1) is 18.5. The van der Waals surface area contributed by atoms with E-state index in [0.717, 1.165) is 72.5 Å². The molecule has 4 aromatic rings. The van der Waals surface area contributed by atoms with Gasteiger partial charge in [-0.25, -0.2) is 14.4 Å². The number of rotatable bonds is 7. The number of amides is 1. The van der Waals surface area contributed by atoms with E-state index in [-0.39, 0.29) is 5.82 Å². The van der Waals surface area contributed by atoms with E-state index in [1.54, 1.807) is 29.8 Å². The summed E-state index contributed by atoms with van der Waals surface area (Å²) in [5, 5.41) is 4.96. The lowest BCUT2D eigenvalue weighted by molar-refractivity contribution is -0.131. The van der Waals surface area contributed by atoms with E-state index in [4.69, 9.17) is 16.3 Å². The minimum absolute atomic E-state index is 0.277. The van der Waals surface area contributed by atoms with Crippen molar-refractivity contribution in [2.45, 2.75) is 45.1 Å². The summed E-state index contributed by atoms with van der Waals surface area (Å²) in [5.41, 5.74) is 2.95. The number of carbonyl (C=O) groups excluding carboxylic acids is 1. The Bertz CT molecular complexity index is 1470. The highest BCUT2D eigenvalue weighted by Crippen LogP contribution is 2.41. The van der Waals surface area contributed by atoms with Crippen LogP contribution in [-0.2, 0) is 24.2 Å². The Morgan fingerprint density at radius 2 is 1.97 bits per heavy atom. The molecule has 1 amide bonds. The van der Waals surface area contributed by atoms with Gasteiger partial charge in [-0.15, -0.1) is 11.3 Å². The molecule has 196 valence electrons. The van der Waals surface area contributed by atoms with E-state index in [1.165, 1.54) is 22.6 Å². The van der Waals surface area contributed by atoms with E-state index in [1.807, 2.05) is 23.1 Å². The van der Waals surface area contributed by atoms with Crippen molar-refractivity contribution < 1.29 is 13.9 Å². The van der Waals surface area contributed by atoms with Crippen LogP contribution < -0.4 is 10.1 Å². The molecule has 1 atom stereocenters. The molecule has 1 saturated heterocycles. The van der Waals surface area contributed by atoms with Crippen molar-refractivity contribution in [1.82, 2.24) is 14.9 Å². The van der Waals surface area contributed by atoms with E-state index in [9.17, 15) is 9.18 Å². The summed E-state index contributed by atoms with van der Waals surface area (Å²) in [5.74, 6) is 1.72. The Labute approximate surface area is 229 Å². The number of anilines is 2. The lowest BCUT2D eigenvalue weighted by atomic mass is 9.85. The van der Waals surface area contributed by atoms with Crippen LogP contribution in [0.3, 0.4) is 0 Å². The molecule has 0 bridgehead atoms. The number of benzene rings is 2. The maximum Gasteiger partial charge on any atom is 0.222 e. The summed E-state index contributed by atoms with van der Waals surface area (Å²) in [6, 6.07) is 11.7. The Kier molecular flexibility index (Phi) is 7.17. The van der Waals surface area contributed by atoms with Crippen LogP contribution in [0, 0.1) is 11.7 Å². The number of thiophene rings is 1. The minimum Gasteiger partial charge on any atom is -0.487 e. The Morgan fingerprint density at radius 1 is 1.16 bits per heavy atom. The molecule has 2 aromatic heterocycles. The van der Waals surface area contributed by atoms with Crippen LogP contribution in [0.4, 0.5) is 15.9 Å². The van der Waals surface area contributed by atoms with Gasteiger partial charge in [-0.05, 0) is 79.5 Å². The summed E-state index contributed by atoms with van der Waals surface area (Å²) >= 11 is 8.23. The molecule has 2 aromatic carbocycles. The number of aryl methyl sites for hydroxylation is 1. The van der Waals surface area contributed by atoms with Crippen LogP contribution in [0.1, 0.15) is 41.7 Å². The van der Waals surface area contributed by atoms with Crippen LogP contribution in [0.5, 0.6) is 5.75 Å². The molecule has 1 N–H and O–H groups in total. The second-order valence-electron chi connectivity index (χ2n) is 9.99. The van der Waals surface area contributed by atoms with Crippen molar-refractivity contribution in [1.29, 1.82) is 0 Å². The van der Waals surface area contributed by atoms with Gasteiger partial charge in [0.05, 0.1) is 10.4 Å². The average molecular weight is 551 g/mol. The first-order valence-electron chi connectivity index (χ1n) is 13.0. The highest BCUT2D eigenvalue weighted by Gasteiger charge is 2.28. The van der Waals surface area contributed by atoms with Gasteiger partial charge >= 0.3 is 0 Å². The number of nitrogens with zero attached hydrogens (tertiary/aromatic N) is 3. The predicted octanol–water partition coefficient (Wildman–Crippen LogP) is 6.92. The number of hydrogen-bond donors (Lipinski definition) is 1. The molecular weight excluding hydrogens is 523 g/mol. The number of likely N-dealkylation sites (tertiary alicyclic amines) is 1. The number of ether oxygens (including phenoxy) is 1. The van der Waals surface area contributed by atoms with Gasteiger partial charge < -0.3 is 15.0 Å². The Balaban J connectivity index is 1.16. The highest BCUT2D eigenvalue weighted by atomic mass is 35.5. The third kappa shape index (κ3) is 5.33. The number of hydrogen-bond acceptors (Lipinski definition) is 6. The second kappa shape index (κ2) is 10.9. The third-order valence-corrected chi connectivity index (χ3v) is 8.83. The molecule has 1 unspecified atom stereocenters. The number of carbonyl (C=O) groups is 1. The van der Waals surface area contributed by atoms with E-state index >= 15 is 0 Å². The highest BCUT2D eigenvalue weighted by molar-refractivity contribution is 7.19. The molecule has 1 aliphatic heterocycles. The largest absolute Gasteiger partial charge is 0.487 e. The van der Waals surface area contributed by atoms with Gasteiger partial charge in [0.2, 0.25) is 5.91 Å². The van der Waals surface area contributed by atoms with Gasteiger partial charge in [0.15, 0.2) is 0 Å². The van der Waals surface area contributed by atoms with E-state index in [2.05, 4.69) is 15.3 Å². The van der Waals surface area contributed by atoms with Crippen molar-refractivity contribution in [2.75, 3.05) is 18.4 Å². The fourth-order valence-corrected chi connectivity index (χ4v) is 6.90. The summed E-state index contributed by atoms with van der Waals surface area (Å²) < 4.78 is 19.0. The Hall–Kier alpha value is -3.23. The molecule has 0 saturated carbocycles. The van der Waals surface area contributed by atoms with Gasteiger partial charge in [-0.2, -0.15) is 0 Å². The number of halogens is 2. The fraction of sp³-hybridized carbons (Fsp3) is 0.345. The van der Waals surface area contributed by atoms with Crippen molar-refractivity contribution in [3.8, 4) is 5.75 Å². The van der Waals surface area contributed by atoms with Crippen molar-refractivity contribution >= 4 is 50.6 Å². The zero-order valence-electron chi connectivity index (χ0n) is 20.9. The second-order valence-corrected chi connectivity index (χ2v) is 11.5. The quantitative estimate of drug-likeness (QED) is 0.270. The summed E-state index contributed by atoms with van der Waals surface area (Å²) in [7, 11) is 0. The van der Waals surface area contributed by atoms with Crippen LogP contribution >= 0.6 is 22.9 Å². The summed E-state index contributed by atoms with van der Waals surface area (Å²) in [4.78, 5) is 26.1. The molecule has 9 heteroatoms. The van der Waals surface area contributed by atoms with Crippen molar-refractivity contribution in [3.05, 3.63) is 75.6 Å². The minimum atomic E-state index is -0.277. The lowest BCUT2D eigenvalue weighted by Crippen LogP contribution is -2.30. The standard InChI is InChI=1S/C29H28ClFN4O2S/c30-23-15-21(8-10-24(23)37-16-18-3-6-20(31)7-4-18)34-28-27-22-9-5-19(14-26(36)35-11-1-2-12-35)13-25(22)38-29(27)33-17-32-28/h3-4,6-8,10,15,17,19H,1-2,5,9,11-14,16H2,(H,32,33,34). The lowest BCUT2D eigenvalue weighted by Gasteiger charge is -2.24. The van der Waals surface area contributed by atoms with E-state index in [0.29, 0.717) is 35.6 Å². The zero-order chi connectivity index (χ0) is 26.1. The third-order valence-electron chi connectivity index (χ3n) is 7.37. The Morgan fingerprint density at radius 3 is 2.76 bits per heavy atom. The molecule has 38 heavy (non-hydrogen) atoms. The summed E-state index contributed by atoms with van der Waals surface area (Å²) in [6.45, 7) is 2.12. The van der Waals surface area contributed by atoms with Gasteiger partial charge in [0.1, 0.15) is 35.1 Å². The summed E-state index contributed by atoms with van der Waals surface area (Å²) in [6.07, 6.45) is 7.32. The maximum absolute atomic E-state index is 13.1. The SMILES string of the molecule is O=C(CC1CCc2c(sc3ncnc(Nc4ccc(OCc5ccc(F)cc5)c(Cl)c4)c23)C1)N1CCCC1. The average Bonchev–Trinajstić information content (AvgIpc) is 3.58. The van der Waals surface area contributed by atoms with Gasteiger partial charge in [0, 0.05) is 30.1 Å². The smallest absolute Gasteiger partial charge is 0.222 e. The normalized spacial score (nSPS) is 17.0. The molecule has 1 fully saturated rings. The van der Waals surface area contributed by atoms with Gasteiger partial charge in [-0.3, -0.25) is 4.79 Å². The molecule has 6 rings (SSSR count). The van der Waals surface area contributed by atoms with Crippen LogP contribution in [0.25, 0.3) is 10.2 Å². The first-order valence-corrected chi connectivity index (χ1v) is 14.2. The molecule has 6 nitrogen and oxygen atoms in total. The molecule has 3 heterocycles. The number of nitrogens with one attached hydrogen (secondary N) is 1. The molecule has 0 radical (unpaired) electrons.